The number of benzene rings is 1. The lowest BCUT2D eigenvalue weighted by Crippen LogP contribution is -2.61. The minimum atomic E-state index is -3.09. The van der Waals surface area contributed by atoms with Gasteiger partial charge in [-0.2, -0.15) is 0 Å². The zero-order valence-electron chi connectivity index (χ0n) is 38.0. The number of alkyl halides is 1. The number of halogens is 1. The van der Waals surface area contributed by atoms with E-state index in [0.717, 1.165) is 18.1 Å². The van der Waals surface area contributed by atoms with E-state index in [2.05, 4.69) is 36.7 Å². The molecule has 10 nitrogen and oxygen atoms in total. The number of aliphatic hydroxyl groups is 2. The van der Waals surface area contributed by atoms with Gasteiger partial charge in [0.15, 0.2) is 12.1 Å². The van der Waals surface area contributed by atoms with Crippen molar-refractivity contribution in [3.8, 4) is 0 Å². The molecule has 4 rings (SSSR count). The number of cyclic esters (lactones) is 1. The topological polar surface area (TPSA) is 135 Å². The molecule has 2 aliphatic heterocycles. The van der Waals surface area contributed by atoms with E-state index < -0.39 is 70.8 Å². The summed E-state index contributed by atoms with van der Waals surface area (Å²) in [6, 6.07) is 9.61. The first kappa shape index (κ1) is 48.6. The fourth-order valence-corrected chi connectivity index (χ4v) is 10.0. The molecule has 2 N–H and O–H groups in total. The summed E-state index contributed by atoms with van der Waals surface area (Å²) in [5.41, 5.74) is -3.33. The van der Waals surface area contributed by atoms with Crippen LogP contribution in [-0.2, 0) is 28.6 Å². The van der Waals surface area contributed by atoms with Crippen molar-refractivity contribution in [3.05, 3.63) is 53.6 Å². The van der Waals surface area contributed by atoms with Crippen molar-refractivity contribution >= 4 is 29.4 Å². The normalized spacial score (nSPS) is 39.8. The molecule has 3 aliphatic rings. The zero-order chi connectivity index (χ0) is 44.2. The fraction of sp³-hybridized carbons (Fsp3) is 0.708. The highest BCUT2D eigenvalue weighted by molar-refractivity contribution is 6.08. The number of esters is 1. The van der Waals surface area contributed by atoms with E-state index in [9.17, 15) is 24.6 Å². The number of aliphatic hydroxyl groups excluding tert-OH is 1. The number of ether oxygens (including phenoxy) is 3. The molecular formula is C48H73FN2O8. The van der Waals surface area contributed by atoms with Gasteiger partial charge in [0.1, 0.15) is 17.8 Å². The summed E-state index contributed by atoms with van der Waals surface area (Å²) in [6.45, 7) is 21.3. The maximum Gasteiger partial charge on any atom is 0.351 e. The third-order valence-corrected chi connectivity index (χ3v) is 13.7. The van der Waals surface area contributed by atoms with E-state index >= 15 is 4.39 Å². The second kappa shape index (κ2) is 19.3. The van der Waals surface area contributed by atoms with Crippen LogP contribution in [0, 0.1) is 29.1 Å². The molecule has 2 saturated heterocycles. The van der Waals surface area contributed by atoms with Crippen molar-refractivity contribution < 1.29 is 43.2 Å². The average molecular weight is 825 g/mol. The second-order valence-electron chi connectivity index (χ2n) is 19.5. The number of carbonyl (C=O) groups is 3. The van der Waals surface area contributed by atoms with Gasteiger partial charge < -0.3 is 24.4 Å². The van der Waals surface area contributed by atoms with Crippen molar-refractivity contribution in [2.24, 2.45) is 34.1 Å². The number of rotatable bonds is 6. The number of likely N-dealkylation sites (N-methyl/N-ethyl adjacent to an activating group) is 1. The third kappa shape index (κ3) is 11.2. The number of fused-ring (bicyclic) bond motifs is 5. The lowest BCUT2D eigenvalue weighted by molar-refractivity contribution is -0.290. The highest BCUT2D eigenvalue weighted by Crippen LogP contribution is 2.48. The van der Waals surface area contributed by atoms with Crippen LogP contribution in [-0.4, -0.2) is 99.1 Å². The SMILES string of the molecule is CC[C@H]1OC(=O)[C@@](C)(F)C(=O)[C@H](C)[C@@H](O[C@@H]2O[C@H](C)C[C@H](N(C)C(C)(C)C)[C@H]2O)[C@]2(C)CC/C(=C/C=C/c3ccccc3)CC[C@H]([C@@H](C)/C(=N/C(C)=O)[C@H](C)C2)[C@]1(C)O. The Hall–Kier alpha value is -3.09. The van der Waals surface area contributed by atoms with E-state index in [1.54, 1.807) is 20.8 Å². The summed E-state index contributed by atoms with van der Waals surface area (Å²) in [6.07, 6.45) is 4.29. The Morgan fingerprint density at radius 1 is 1.07 bits per heavy atom. The maximum absolute atomic E-state index is 17.0. The Labute approximate surface area is 353 Å². The highest BCUT2D eigenvalue weighted by Gasteiger charge is 2.56. The highest BCUT2D eigenvalue weighted by atomic mass is 19.1. The number of nitrogens with zero attached hydrogens (tertiary/aromatic N) is 2. The van der Waals surface area contributed by atoms with Gasteiger partial charge in [-0.3, -0.25) is 14.5 Å². The lowest BCUT2D eigenvalue weighted by Gasteiger charge is -2.50. The quantitative estimate of drug-likeness (QED) is 0.214. The largest absolute Gasteiger partial charge is 0.457 e. The maximum atomic E-state index is 17.0. The molecule has 2 heterocycles. The van der Waals surface area contributed by atoms with Gasteiger partial charge in [0.25, 0.3) is 5.67 Å². The van der Waals surface area contributed by atoms with E-state index in [0.29, 0.717) is 44.2 Å². The first-order valence-electron chi connectivity index (χ1n) is 21.7. The molecule has 1 saturated carbocycles. The number of aliphatic imine (C=N–C) groups is 1. The molecule has 11 heteroatoms. The number of hydrogen-bond acceptors (Lipinski definition) is 9. The monoisotopic (exact) mass is 825 g/mol. The number of amides is 1. The summed E-state index contributed by atoms with van der Waals surface area (Å²) >= 11 is 0. The van der Waals surface area contributed by atoms with Crippen molar-refractivity contribution in [2.75, 3.05) is 7.05 Å². The molecule has 0 radical (unpaired) electrons. The van der Waals surface area contributed by atoms with E-state index in [1.165, 1.54) is 6.92 Å². The smallest absolute Gasteiger partial charge is 0.351 e. The standard InChI is InChI=1S/C48H73FN2O8/c1-14-38-48(12,56)36-24-23-35(22-18-21-34-19-16-15-17-20-34)25-26-46(10,28-29(2)39(31(36)4)50-33(6)52)42(32(5)41(54)47(11,49)44(55)58-38)59-43-40(53)37(27-30(3)57-43)51(13)45(7,8)9/h15-22,29-32,36-38,40,42-43,53,56H,14,23-28H2,1-13H3/b21-18+,35-22+,50-39+/t29-,30-,31-,32+,36-,37+,38-,40-,42-,43+,46-,47+,48+/m1/s1. The van der Waals surface area contributed by atoms with Crippen molar-refractivity contribution in [1.29, 1.82) is 0 Å². The lowest BCUT2D eigenvalue weighted by atomic mass is 9.65. The summed E-state index contributed by atoms with van der Waals surface area (Å²) in [4.78, 5) is 48.2. The molecule has 1 aromatic rings. The molecule has 1 amide bonds. The Morgan fingerprint density at radius 3 is 2.31 bits per heavy atom. The first-order chi connectivity index (χ1) is 27.3. The number of allylic oxidation sites excluding steroid dienone is 3. The van der Waals surface area contributed by atoms with Gasteiger partial charge in [0.2, 0.25) is 5.91 Å². The molecule has 59 heavy (non-hydrogen) atoms. The predicted octanol–water partition coefficient (Wildman–Crippen LogP) is 8.47. The summed E-state index contributed by atoms with van der Waals surface area (Å²) in [5, 5.41) is 24.6. The minimum absolute atomic E-state index is 0.141. The molecule has 0 spiro atoms. The average Bonchev–Trinajstić information content (AvgIpc) is 3.17. The van der Waals surface area contributed by atoms with Crippen LogP contribution in [0.1, 0.15) is 134 Å². The molecule has 1 aromatic carbocycles. The van der Waals surface area contributed by atoms with Gasteiger partial charge in [0.05, 0.1) is 12.2 Å². The Morgan fingerprint density at radius 2 is 1.71 bits per heavy atom. The van der Waals surface area contributed by atoms with Crippen LogP contribution in [0.5, 0.6) is 0 Å². The Bertz CT molecular complexity index is 1720. The van der Waals surface area contributed by atoms with Crippen molar-refractivity contribution in [3.63, 3.8) is 0 Å². The number of Topliss-reactive ketones (excluding diaryl/α,β-unsaturated/α-hetero) is 1. The van der Waals surface area contributed by atoms with Crippen molar-refractivity contribution in [1.82, 2.24) is 4.90 Å². The van der Waals surface area contributed by atoms with Gasteiger partial charge in [-0.25, -0.2) is 14.2 Å². The summed E-state index contributed by atoms with van der Waals surface area (Å²) in [5.74, 6) is -5.47. The number of ketones is 1. The van der Waals surface area contributed by atoms with Crippen LogP contribution in [0.4, 0.5) is 4.39 Å². The molecule has 13 atom stereocenters. The molecule has 3 fully saturated rings. The molecule has 1 aliphatic carbocycles. The molecule has 2 bridgehead atoms. The van der Waals surface area contributed by atoms with Gasteiger partial charge in [-0.05, 0) is 116 Å². The van der Waals surface area contributed by atoms with Gasteiger partial charge >= 0.3 is 5.97 Å². The Balaban J connectivity index is 2.00. The predicted molar refractivity (Wildman–Crippen MR) is 230 cm³/mol. The van der Waals surface area contributed by atoms with Gasteiger partial charge in [-0.15, -0.1) is 0 Å². The molecule has 330 valence electrons. The molecule has 0 aromatic heterocycles. The third-order valence-electron chi connectivity index (χ3n) is 13.7. The second-order valence-corrected chi connectivity index (χ2v) is 19.5. The van der Waals surface area contributed by atoms with E-state index in [4.69, 9.17) is 14.2 Å². The van der Waals surface area contributed by atoms with Crippen LogP contribution >= 0.6 is 0 Å². The number of hydrogen-bond donors (Lipinski definition) is 2. The van der Waals surface area contributed by atoms with Gasteiger partial charge in [-0.1, -0.05) is 88.8 Å². The molecular weight excluding hydrogens is 752 g/mol. The molecule has 0 unspecified atom stereocenters. The van der Waals surface area contributed by atoms with Gasteiger partial charge in [0, 0.05) is 36.1 Å². The first-order valence-corrected chi connectivity index (χ1v) is 21.7. The number of carbonyl (C=O) groups excluding carboxylic acids is 3. The van der Waals surface area contributed by atoms with E-state index in [-0.39, 0.29) is 35.9 Å². The van der Waals surface area contributed by atoms with Crippen molar-refractivity contribution in [2.45, 2.75) is 182 Å². The van der Waals surface area contributed by atoms with Crippen LogP contribution in [0.2, 0.25) is 0 Å². The van der Waals surface area contributed by atoms with Crippen LogP contribution in [0.15, 0.2) is 53.0 Å². The van der Waals surface area contributed by atoms with Crippen LogP contribution < -0.4 is 0 Å². The Kier molecular flexibility index (Phi) is 15.9. The fourth-order valence-electron chi connectivity index (χ4n) is 10.0. The minimum Gasteiger partial charge on any atom is -0.457 e. The summed E-state index contributed by atoms with van der Waals surface area (Å²) in [7, 11) is 1.95. The van der Waals surface area contributed by atoms with E-state index in [1.807, 2.05) is 77.2 Å². The van der Waals surface area contributed by atoms with Crippen LogP contribution in [0.3, 0.4) is 0 Å². The zero-order valence-corrected chi connectivity index (χ0v) is 38.0. The summed E-state index contributed by atoms with van der Waals surface area (Å²) < 4.78 is 36.2. The van der Waals surface area contributed by atoms with Crippen LogP contribution in [0.25, 0.3) is 6.08 Å².